The Labute approximate surface area is 366 Å². The number of rotatable bonds is 6. The molecule has 12 aromatic rings. The summed E-state index contributed by atoms with van der Waals surface area (Å²) in [6, 6.07) is 89.6. The summed E-state index contributed by atoms with van der Waals surface area (Å²) >= 11 is 0. The summed E-state index contributed by atoms with van der Waals surface area (Å²) in [6.45, 7) is 0. The van der Waals surface area contributed by atoms with E-state index in [0.29, 0.717) is 0 Å². The molecule has 0 radical (unpaired) electrons. The van der Waals surface area contributed by atoms with Gasteiger partial charge >= 0.3 is 0 Å². The number of hydrogen-bond acceptors (Lipinski definition) is 0. The number of nitrogens with zero attached hydrogens (tertiary/aromatic N) is 2. The van der Waals surface area contributed by atoms with Crippen LogP contribution in [0.15, 0.2) is 243 Å². The van der Waals surface area contributed by atoms with Crippen LogP contribution in [-0.2, 0) is 5.41 Å². The third-order valence-electron chi connectivity index (χ3n) is 13.6. The third kappa shape index (κ3) is 5.19. The van der Waals surface area contributed by atoms with Crippen LogP contribution in [0.2, 0.25) is 0 Å². The van der Waals surface area contributed by atoms with Crippen molar-refractivity contribution < 1.29 is 0 Å². The van der Waals surface area contributed by atoms with Gasteiger partial charge in [-0.2, -0.15) is 0 Å². The molecule has 0 N–H and O–H groups in total. The van der Waals surface area contributed by atoms with Gasteiger partial charge in [0.15, 0.2) is 0 Å². The van der Waals surface area contributed by atoms with Gasteiger partial charge in [-0.05, 0) is 116 Å². The average Bonchev–Trinajstić information content (AvgIpc) is 3.99. The zero-order valence-electron chi connectivity index (χ0n) is 34.5. The van der Waals surface area contributed by atoms with Gasteiger partial charge in [0, 0.05) is 32.9 Å². The van der Waals surface area contributed by atoms with Gasteiger partial charge in [0.2, 0.25) is 0 Å². The fraction of sp³-hybridized carbons (Fsp3) is 0.0164. The number of para-hydroxylation sites is 2. The van der Waals surface area contributed by atoms with E-state index in [1.807, 2.05) is 0 Å². The Hall–Kier alpha value is -8.20. The largest absolute Gasteiger partial charge is 0.309 e. The van der Waals surface area contributed by atoms with Crippen LogP contribution in [0.25, 0.3) is 88.4 Å². The molecule has 0 saturated heterocycles. The van der Waals surface area contributed by atoms with E-state index < -0.39 is 5.41 Å². The van der Waals surface area contributed by atoms with Gasteiger partial charge in [-0.25, -0.2) is 0 Å². The average molecular weight is 801 g/mol. The van der Waals surface area contributed by atoms with Gasteiger partial charge < -0.3 is 9.13 Å². The summed E-state index contributed by atoms with van der Waals surface area (Å²) in [4.78, 5) is 0. The molecule has 13 rings (SSSR count). The maximum absolute atomic E-state index is 2.49. The highest BCUT2D eigenvalue weighted by molar-refractivity contribution is 6.17. The first kappa shape index (κ1) is 35.5. The lowest BCUT2D eigenvalue weighted by atomic mass is 9.67. The minimum absolute atomic E-state index is 0.557. The lowest BCUT2D eigenvalue weighted by molar-refractivity contribution is 0.776. The molecule has 1 aliphatic rings. The van der Waals surface area contributed by atoms with E-state index >= 15 is 0 Å². The zero-order valence-corrected chi connectivity index (χ0v) is 34.5. The molecule has 294 valence electrons. The molecule has 0 unspecified atom stereocenters. The summed E-state index contributed by atoms with van der Waals surface area (Å²) in [5.74, 6) is 0. The van der Waals surface area contributed by atoms with E-state index in [-0.39, 0.29) is 0 Å². The summed E-state index contributed by atoms with van der Waals surface area (Å²) < 4.78 is 4.88. The normalized spacial score (nSPS) is 12.9. The van der Waals surface area contributed by atoms with Crippen LogP contribution < -0.4 is 0 Å². The highest BCUT2D eigenvalue weighted by Crippen LogP contribution is 2.59. The monoisotopic (exact) mass is 800 g/mol. The van der Waals surface area contributed by atoms with E-state index in [2.05, 4.69) is 252 Å². The van der Waals surface area contributed by atoms with Crippen LogP contribution in [0, 0.1) is 0 Å². The molecule has 10 aromatic carbocycles. The molecule has 63 heavy (non-hydrogen) atoms. The SMILES string of the molecule is c1ccc(-c2ccc(-n3c4ccc(-c5ccc6c(c5)c5ccccc5n6-c5ccccc5)cc4c4c5c(ccc43)-c3ccccc3C5(c3ccccc3)c3ccccc3)cc2)cc1. The molecule has 0 amide bonds. The fourth-order valence-electron chi connectivity index (χ4n) is 10.9. The first-order valence-electron chi connectivity index (χ1n) is 21.8. The van der Waals surface area contributed by atoms with Crippen LogP contribution in [0.4, 0.5) is 0 Å². The van der Waals surface area contributed by atoms with Gasteiger partial charge in [0.1, 0.15) is 0 Å². The van der Waals surface area contributed by atoms with Crippen molar-refractivity contribution in [1.29, 1.82) is 0 Å². The van der Waals surface area contributed by atoms with Crippen molar-refractivity contribution in [2.24, 2.45) is 0 Å². The summed E-state index contributed by atoms with van der Waals surface area (Å²) in [5, 5.41) is 5.02. The van der Waals surface area contributed by atoms with E-state index in [1.54, 1.807) is 0 Å². The summed E-state index contributed by atoms with van der Waals surface area (Å²) in [7, 11) is 0. The third-order valence-corrected chi connectivity index (χ3v) is 13.6. The van der Waals surface area contributed by atoms with E-state index in [4.69, 9.17) is 0 Å². The van der Waals surface area contributed by atoms with Crippen molar-refractivity contribution in [2.45, 2.75) is 5.41 Å². The Morgan fingerprint density at radius 1 is 0.286 bits per heavy atom. The first-order valence-corrected chi connectivity index (χ1v) is 21.8. The molecule has 2 heterocycles. The maximum Gasteiger partial charge on any atom is 0.0720 e. The molecule has 2 aromatic heterocycles. The van der Waals surface area contributed by atoms with Crippen molar-refractivity contribution in [1.82, 2.24) is 9.13 Å². The summed E-state index contributed by atoms with van der Waals surface area (Å²) in [5.41, 5.74) is 19.1. The van der Waals surface area contributed by atoms with Crippen LogP contribution in [0.3, 0.4) is 0 Å². The number of aromatic nitrogens is 2. The smallest absolute Gasteiger partial charge is 0.0720 e. The minimum Gasteiger partial charge on any atom is -0.309 e. The van der Waals surface area contributed by atoms with Crippen LogP contribution in [0.5, 0.6) is 0 Å². The predicted octanol–water partition coefficient (Wildman–Crippen LogP) is 15.6. The van der Waals surface area contributed by atoms with Gasteiger partial charge in [-0.3, -0.25) is 0 Å². The van der Waals surface area contributed by atoms with E-state index in [1.165, 1.54) is 99.2 Å². The molecule has 0 saturated carbocycles. The van der Waals surface area contributed by atoms with E-state index in [0.717, 1.165) is 11.4 Å². The Kier molecular flexibility index (Phi) is 7.85. The Balaban J connectivity index is 1.12. The molecule has 0 atom stereocenters. The number of benzene rings is 10. The first-order chi connectivity index (χ1) is 31.3. The van der Waals surface area contributed by atoms with Gasteiger partial charge in [-0.15, -0.1) is 0 Å². The Morgan fingerprint density at radius 3 is 1.46 bits per heavy atom. The van der Waals surface area contributed by atoms with Crippen LogP contribution in [0.1, 0.15) is 22.3 Å². The molecular formula is C61H40N2. The van der Waals surface area contributed by atoms with Crippen molar-refractivity contribution in [2.75, 3.05) is 0 Å². The second kappa shape index (κ2) is 13.9. The molecule has 2 nitrogen and oxygen atoms in total. The lowest BCUT2D eigenvalue weighted by Gasteiger charge is -2.34. The van der Waals surface area contributed by atoms with Gasteiger partial charge in [0.05, 0.1) is 27.5 Å². The highest BCUT2D eigenvalue weighted by Gasteiger charge is 2.47. The second-order valence-corrected chi connectivity index (χ2v) is 16.8. The van der Waals surface area contributed by atoms with Crippen molar-refractivity contribution in [3.63, 3.8) is 0 Å². The van der Waals surface area contributed by atoms with Gasteiger partial charge in [-0.1, -0.05) is 182 Å². The zero-order chi connectivity index (χ0) is 41.5. The lowest BCUT2D eigenvalue weighted by Crippen LogP contribution is -2.28. The summed E-state index contributed by atoms with van der Waals surface area (Å²) in [6.07, 6.45) is 0. The topological polar surface area (TPSA) is 9.86 Å². The molecule has 2 heteroatoms. The maximum atomic E-state index is 2.49. The number of fused-ring (bicyclic) bond motifs is 10. The molecule has 0 bridgehead atoms. The van der Waals surface area contributed by atoms with Gasteiger partial charge in [0.25, 0.3) is 0 Å². The standard InChI is InChI=1S/C61H40N2/c1-5-17-41(18-6-1)42-29-33-48(34-30-42)63-57-37-32-44(43-31-36-56-52(39-43)50-26-14-16-28-55(50)62(56)47-23-11-4-12-24-47)40-53(57)59-58(63)38-35-51-49-25-13-15-27-54(49)61(60(51)59,45-19-7-2-8-20-45)46-21-9-3-10-22-46/h1-40H. The highest BCUT2D eigenvalue weighted by atomic mass is 15.0. The quantitative estimate of drug-likeness (QED) is 0.159. The molecular weight excluding hydrogens is 761 g/mol. The van der Waals surface area contributed by atoms with Crippen molar-refractivity contribution >= 4 is 43.6 Å². The van der Waals surface area contributed by atoms with Crippen LogP contribution >= 0.6 is 0 Å². The fourth-order valence-corrected chi connectivity index (χ4v) is 10.9. The molecule has 1 aliphatic carbocycles. The Morgan fingerprint density at radius 2 is 0.762 bits per heavy atom. The predicted molar refractivity (Wildman–Crippen MR) is 263 cm³/mol. The van der Waals surface area contributed by atoms with Crippen molar-refractivity contribution in [3.8, 4) is 44.8 Å². The van der Waals surface area contributed by atoms with Crippen LogP contribution in [-0.4, -0.2) is 9.13 Å². The van der Waals surface area contributed by atoms with Crippen molar-refractivity contribution in [3.05, 3.63) is 265 Å². The molecule has 0 spiro atoms. The Bertz CT molecular complexity index is 3650. The molecule has 0 fully saturated rings. The molecule has 0 aliphatic heterocycles. The minimum atomic E-state index is -0.557. The number of hydrogen-bond donors (Lipinski definition) is 0. The second-order valence-electron chi connectivity index (χ2n) is 16.8. The van der Waals surface area contributed by atoms with E-state index in [9.17, 15) is 0 Å².